The van der Waals surface area contributed by atoms with Crippen LogP contribution in [-0.2, 0) is 17.9 Å². The normalized spacial score (nSPS) is 11.1. The molecule has 1 rings (SSSR count). The molecule has 0 atom stereocenters. The predicted octanol–water partition coefficient (Wildman–Crippen LogP) is 4.65. The van der Waals surface area contributed by atoms with Gasteiger partial charge in [-0.15, -0.1) is 11.3 Å². The summed E-state index contributed by atoms with van der Waals surface area (Å²) in [6, 6.07) is 2.28. The average molecular weight is 283 g/mol. The van der Waals surface area contributed by atoms with Crippen LogP contribution in [0.4, 0.5) is 0 Å². The third-order valence-corrected chi connectivity index (χ3v) is 4.42. The minimum absolute atomic E-state index is 0.779. The number of hydrogen-bond donors (Lipinski definition) is 1. The highest BCUT2D eigenvalue weighted by molar-refractivity contribution is 7.12. The Bertz CT molecular complexity index is 335. The van der Waals surface area contributed by atoms with Crippen molar-refractivity contribution < 1.29 is 4.74 Å². The second kappa shape index (κ2) is 10.4. The molecule has 0 saturated carbocycles. The lowest BCUT2D eigenvalue weighted by Gasteiger charge is -2.04. The molecule has 110 valence electrons. The smallest absolute Gasteiger partial charge is 0.0727 e. The Balaban J connectivity index is 2.08. The molecule has 0 aliphatic heterocycles. The second-order valence-corrected chi connectivity index (χ2v) is 6.49. The Labute approximate surface area is 122 Å². The van der Waals surface area contributed by atoms with Crippen molar-refractivity contribution in [2.75, 3.05) is 13.7 Å². The number of thiophene rings is 1. The molecule has 0 unspecified atom stereocenters. The molecular formula is C16H29NOS. The lowest BCUT2D eigenvalue weighted by Crippen LogP contribution is -2.02. The fourth-order valence-corrected chi connectivity index (χ4v) is 3.22. The van der Waals surface area contributed by atoms with Gasteiger partial charge in [-0.05, 0) is 32.0 Å². The molecule has 1 aromatic heterocycles. The topological polar surface area (TPSA) is 21.3 Å². The predicted molar refractivity (Wildman–Crippen MR) is 84.9 cm³/mol. The summed E-state index contributed by atoms with van der Waals surface area (Å²) in [5, 5.41) is 3.19. The fraction of sp³-hybridized carbons (Fsp3) is 0.750. The summed E-state index contributed by atoms with van der Waals surface area (Å²) in [6.45, 7) is 7.09. The van der Waals surface area contributed by atoms with Crippen LogP contribution in [-0.4, -0.2) is 13.7 Å². The molecule has 0 aromatic carbocycles. The summed E-state index contributed by atoms with van der Waals surface area (Å²) in [6.07, 6.45) is 7.96. The number of unbranched alkanes of at least 4 members (excludes halogenated alkanes) is 5. The maximum absolute atomic E-state index is 5.78. The minimum atomic E-state index is 0.779. The third-order valence-electron chi connectivity index (χ3n) is 3.32. The minimum Gasteiger partial charge on any atom is -0.377 e. The van der Waals surface area contributed by atoms with Crippen molar-refractivity contribution in [3.8, 4) is 0 Å². The molecule has 1 heterocycles. The highest BCUT2D eigenvalue weighted by Crippen LogP contribution is 2.22. The van der Waals surface area contributed by atoms with E-state index in [1.165, 1.54) is 53.8 Å². The van der Waals surface area contributed by atoms with Gasteiger partial charge in [0.2, 0.25) is 0 Å². The summed E-state index contributed by atoms with van der Waals surface area (Å²) < 4.78 is 5.78. The summed E-state index contributed by atoms with van der Waals surface area (Å²) in [4.78, 5) is 2.80. The molecule has 1 N–H and O–H groups in total. The van der Waals surface area contributed by atoms with Crippen molar-refractivity contribution in [3.05, 3.63) is 21.4 Å². The zero-order valence-corrected chi connectivity index (χ0v) is 13.6. The van der Waals surface area contributed by atoms with E-state index in [9.17, 15) is 0 Å². The van der Waals surface area contributed by atoms with Gasteiger partial charge in [0.05, 0.1) is 6.61 Å². The van der Waals surface area contributed by atoms with Crippen molar-refractivity contribution in [2.24, 2.45) is 0 Å². The zero-order chi connectivity index (χ0) is 13.9. The van der Waals surface area contributed by atoms with E-state index in [0.717, 1.165) is 19.8 Å². The third kappa shape index (κ3) is 7.09. The molecule has 2 nitrogen and oxygen atoms in total. The first kappa shape index (κ1) is 16.7. The maximum Gasteiger partial charge on any atom is 0.0727 e. The Hall–Kier alpha value is -0.380. The molecule has 0 spiro atoms. The maximum atomic E-state index is 5.78. The van der Waals surface area contributed by atoms with Crippen LogP contribution in [0.15, 0.2) is 6.07 Å². The highest BCUT2D eigenvalue weighted by atomic mass is 32.1. The lowest BCUT2D eigenvalue weighted by molar-refractivity contribution is 0.116. The second-order valence-electron chi connectivity index (χ2n) is 5.14. The van der Waals surface area contributed by atoms with Gasteiger partial charge in [-0.25, -0.2) is 0 Å². The summed E-state index contributed by atoms with van der Waals surface area (Å²) in [7, 11) is 1.99. The molecule has 0 aliphatic rings. The van der Waals surface area contributed by atoms with E-state index in [4.69, 9.17) is 4.74 Å². The molecule has 0 saturated heterocycles. The quantitative estimate of drug-likeness (QED) is 0.597. The monoisotopic (exact) mass is 283 g/mol. The van der Waals surface area contributed by atoms with E-state index in [1.54, 1.807) is 0 Å². The van der Waals surface area contributed by atoms with Gasteiger partial charge in [-0.3, -0.25) is 0 Å². The first-order chi connectivity index (χ1) is 9.27. The van der Waals surface area contributed by atoms with Crippen LogP contribution in [0.5, 0.6) is 0 Å². The molecule has 0 aliphatic carbocycles. The Morgan fingerprint density at radius 1 is 1.16 bits per heavy atom. The summed E-state index contributed by atoms with van der Waals surface area (Å²) >= 11 is 1.87. The largest absolute Gasteiger partial charge is 0.377 e. The van der Waals surface area contributed by atoms with Crippen molar-refractivity contribution in [2.45, 2.75) is 65.5 Å². The van der Waals surface area contributed by atoms with Crippen LogP contribution in [0.3, 0.4) is 0 Å². The van der Waals surface area contributed by atoms with Crippen molar-refractivity contribution in [3.63, 3.8) is 0 Å². The Morgan fingerprint density at radius 3 is 2.63 bits per heavy atom. The van der Waals surface area contributed by atoms with E-state index in [0.29, 0.717) is 0 Å². The van der Waals surface area contributed by atoms with E-state index in [-0.39, 0.29) is 0 Å². The first-order valence-corrected chi connectivity index (χ1v) is 8.40. The summed E-state index contributed by atoms with van der Waals surface area (Å²) in [5.74, 6) is 0. The van der Waals surface area contributed by atoms with E-state index >= 15 is 0 Å². The van der Waals surface area contributed by atoms with Gasteiger partial charge in [0.25, 0.3) is 0 Å². The van der Waals surface area contributed by atoms with E-state index < -0.39 is 0 Å². The number of aryl methyl sites for hydroxylation is 1. The van der Waals surface area contributed by atoms with Gasteiger partial charge < -0.3 is 10.1 Å². The Kier molecular flexibility index (Phi) is 9.14. The molecule has 0 bridgehead atoms. The van der Waals surface area contributed by atoms with E-state index in [2.05, 4.69) is 25.2 Å². The molecule has 0 fully saturated rings. The van der Waals surface area contributed by atoms with Crippen LogP contribution in [0, 0.1) is 6.92 Å². The van der Waals surface area contributed by atoms with Crippen LogP contribution in [0.2, 0.25) is 0 Å². The molecular weight excluding hydrogens is 254 g/mol. The van der Waals surface area contributed by atoms with Gasteiger partial charge >= 0.3 is 0 Å². The van der Waals surface area contributed by atoms with Gasteiger partial charge in [0, 0.05) is 22.9 Å². The molecule has 0 radical (unpaired) electrons. The standard InChI is InChI=1S/C16H29NOS/c1-4-5-6-7-8-9-10-18-13-15-11-16(12-17-3)19-14(15)2/h11,17H,4-10,12-13H2,1-3H3. The number of nitrogens with one attached hydrogen (secondary N) is 1. The van der Waals surface area contributed by atoms with E-state index in [1.807, 2.05) is 18.4 Å². The first-order valence-electron chi connectivity index (χ1n) is 7.58. The van der Waals surface area contributed by atoms with Gasteiger partial charge in [-0.2, -0.15) is 0 Å². The van der Waals surface area contributed by atoms with Crippen molar-refractivity contribution >= 4 is 11.3 Å². The highest BCUT2D eigenvalue weighted by Gasteiger charge is 2.04. The van der Waals surface area contributed by atoms with Crippen LogP contribution >= 0.6 is 11.3 Å². The van der Waals surface area contributed by atoms with Crippen LogP contribution < -0.4 is 5.32 Å². The molecule has 3 heteroatoms. The summed E-state index contributed by atoms with van der Waals surface area (Å²) in [5.41, 5.74) is 1.36. The van der Waals surface area contributed by atoms with Crippen molar-refractivity contribution in [1.82, 2.24) is 5.32 Å². The van der Waals surface area contributed by atoms with Gasteiger partial charge in [0.15, 0.2) is 0 Å². The molecule has 19 heavy (non-hydrogen) atoms. The van der Waals surface area contributed by atoms with Crippen molar-refractivity contribution in [1.29, 1.82) is 0 Å². The number of ether oxygens (including phenoxy) is 1. The zero-order valence-electron chi connectivity index (χ0n) is 12.8. The fourth-order valence-electron chi connectivity index (χ4n) is 2.16. The Morgan fingerprint density at radius 2 is 1.89 bits per heavy atom. The van der Waals surface area contributed by atoms with Gasteiger partial charge in [0.1, 0.15) is 0 Å². The van der Waals surface area contributed by atoms with Crippen LogP contribution in [0.1, 0.15) is 60.8 Å². The average Bonchev–Trinajstić information content (AvgIpc) is 2.74. The molecule has 1 aromatic rings. The number of rotatable bonds is 11. The lowest BCUT2D eigenvalue weighted by atomic mass is 10.1. The SMILES string of the molecule is CCCCCCCCOCc1cc(CNC)sc1C. The number of hydrogen-bond acceptors (Lipinski definition) is 3. The van der Waals surface area contributed by atoms with Gasteiger partial charge in [-0.1, -0.05) is 39.0 Å². The van der Waals surface area contributed by atoms with Crippen LogP contribution in [0.25, 0.3) is 0 Å². The molecule has 0 amide bonds.